The third-order valence-electron chi connectivity index (χ3n) is 6.19. The highest BCUT2D eigenvalue weighted by molar-refractivity contribution is 5.91. The highest BCUT2D eigenvalue weighted by Crippen LogP contribution is 2.41. The lowest BCUT2D eigenvalue weighted by atomic mass is 9.81. The van der Waals surface area contributed by atoms with Gasteiger partial charge in [0.25, 0.3) is 0 Å². The summed E-state index contributed by atoms with van der Waals surface area (Å²) in [5, 5.41) is 2.98. The van der Waals surface area contributed by atoms with Gasteiger partial charge in [-0.3, -0.25) is 0 Å². The van der Waals surface area contributed by atoms with Crippen LogP contribution >= 0.6 is 0 Å². The van der Waals surface area contributed by atoms with E-state index in [1.165, 1.54) is 13.2 Å². The van der Waals surface area contributed by atoms with Gasteiger partial charge in [-0.1, -0.05) is 0 Å². The van der Waals surface area contributed by atoms with Crippen molar-refractivity contribution in [3.8, 4) is 5.75 Å². The molecule has 0 saturated heterocycles. The van der Waals surface area contributed by atoms with Gasteiger partial charge in [-0.05, 0) is 78.4 Å². The number of hydrogen-bond donors (Lipinski definition) is 1. The molecule has 1 saturated carbocycles. The van der Waals surface area contributed by atoms with Crippen molar-refractivity contribution in [1.29, 1.82) is 0 Å². The van der Waals surface area contributed by atoms with Gasteiger partial charge in [0.15, 0.2) is 11.6 Å². The van der Waals surface area contributed by atoms with Crippen molar-refractivity contribution in [2.45, 2.75) is 84.1 Å². The number of halogens is 1. The highest BCUT2D eigenvalue weighted by atomic mass is 19.1. The first-order chi connectivity index (χ1) is 15.0. The first kappa shape index (κ1) is 24.1. The van der Waals surface area contributed by atoms with Crippen LogP contribution in [0.25, 0.3) is 0 Å². The molecule has 1 amide bonds. The first-order valence-electron chi connectivity index (χ1n) is 11.3. The predicted octanol–water partition coefficient (Wildman–Crippen LogP) is 4.67. The summed E-state index contributed by atoms with van der Waals surface area (Å²) < 4.78 is 30.7. The standard InChI is InChI=1S/C24H35FN2O5/c1-14-13-27(20-12-17(22(28)30-6)11-19(25)21(20)31-14)15(2)16-7-9-18(10-8-16)26-23(29)32-24(3,4)5/h11-12,14-16,18H,7-10,13H2,1-6H3,(H,26,29)/t14?,15-,16?,18?/m0/s1. The van der Waals surface area contributed by atoms with Crippen LogP contribution in [-0.2, 0) is 9.47 Å². The Labute approximate surface area is 189 Å². The number of benzene rings is 1. The number of nitrogens with one attached hydrogen (secondary N) is 1. The van der Waals surface area contributed by atoms with Gasteiger partial charge in [0.1, 0.15) is 11.7 Å². The fourth-order valence-electron chi connectivity index (χ4n) is 4.62. The van der Waals surface area contributed by atoms with E-state index in [2.05, 4.69) is 17.1 Å². The number of alkyl carbamates (subject to hydrolysis) is 1. The molecule has 1 aromatic carbocycles. The van der Waals surface area contributed by atoms with Crippen molar-refractivity contribution in [2.75, 3.05) is 18.6 Å². The van der Waals surface area contributed by atoms with Gasteiger partial charge in [-0.25, -0.2) is 14.0 Å². The molecular weight excluding hydrogens is 415 g/mol. The lowest BCUT2D eigenvalue weighted by molar-refractivity contribution is 0.0484. The number of nitrogens with zero attached hydrogens (tertiary/aromatic N) is 1. The normalized spacial score (nSPS) is 24.1. The second-order valence-corrected chi connectivity index (χ2v) is 9.88. The molecular formula is C24H35FN2O5. The van der Waals surface area contributed by atoms with Crippen molar-refractivity contribution < 1.29 is 28.2 Å². The molecule has 1 N–H and O–H groups in total. The number of carbonyl (C=O) groups is 2. The van der Waals surface area contributed by atoms with E-state index in [-0.39, 0.29) is 35.6 Å². The number of amides is 1. The number of anilines is 1. The molecule has 1 fully saturated rings. The molecule has 1 aromatic rings. The van der Waals surface area contributed by atoms with Crippen LogP contribution in [0.1, 0.15) is 70.7 Å². The average Bonchev–Trinajstić information content (AvgIpc) is 2.71. The van der Waals surface area contributed by atoms with Crippen LogP contribution in [-0.4, -0.2) is 49.5 Å². The van der Waals surface area contributed by atoms with E-state index in [4.69, 9.17) is 14.2 Å². The largest absolute Gasteiger partial charge is 0.484 e. The molecule has 2 atom stereocenters. The fourth-order valence-corrected chi connectivity index (χ4v) is 4.62. The monoisotopic (exact) mass is 450 g/mol. The molecule has 3 rings (SSSR count). The van der Waals surface area contributed by atoms with Crippen LogP contribution in [0.5, 0.6) is 5.75 Å². The number of fused-ring (bicyclic) bond motifs is 1. The molecule has 32 heavy (non-hydrogen) atoms. The third kappa shape index (κ3) is 5.64. The molecule has 0 radical (unpaired) electrons. The lowest BCUT2D eigenvalue weighted by Gasteiger charge is -2.43. The van der Waals surface area contributed by atoms with Crippen molar-refractivity contribution in [3.05, 3.63) is 23.5 Å². The van der Waals surface area contributed by atoms with Crippen molar-refractivity contribution >= 4 is 17.7 Å². The maximum absolute atomic E-state index is 14.8. The zero-order valence-electron chi connectivity index (χ0n) is 19.9. The Hall–Kier alpha value is -2.51. The number of methoxy groups -OCH3 is 1. The maximum atomic E-state index is 14.8. The second kappa shape index (κ2) is 9.55. The molecule has 0 spiro atoms. The first-order valence-corrected chi connectivity index (χ1v) is 11.3. The Bertz CT molecular complexity index is 846. The lowest BCUT2D eigenvalue weighted by Crippen LogP contribution is -2.49. The van der Waals surface area contributed by atoms with E-state index in [0.29, 0.717) is 18.2 Å². The Kier molecular flexibility index (Phi) is 7.20. The smallest absolute Gasteiger partial charge is 0.407 e. The summed E-state index contributed by atoms with van der Waals surface area (Å²) in [6, 6.07) is 3.03. The average molecular weight is 451 g/mol. The van der Waals surface area contributed by atoms with E-state index in [0.717, 1.165) is 25.7 Å². The highest BCUT2D eigenvalue weighted by Gasteiger charge is 2.35. The molecule has 1 heterocycles. The van der Waals surface area contributed by atoms with Gasteiger partial charge in [0.05, 0.1) is 24.9 Å². The van der Waals surface area contributed by atoms with Crippen LogP contribution in [0.2, 0.25) is 0 Å². The van der Waals surface area contributed by atoms with E-state index >= 15 is 0 Å². The summed E-state index contributed by atoms with van der Waals surface area (Å²) in [4.78, 5) is 26.2. The third-order valence-corrected chi connectivity index (χ3v) is 6.19. The number of hydrogen-bond acceptors (Lipinski definition) is 6. The van der Waals surface area contributed by atoms with Gasteiger partial charge in [0, 0.05) is 12.1 Å². The van der Waals surface area contributed by atoms with Gasteiger partial charge < -0.3 is 24.4 Å². The van der Waals surface area contributed by atoms with E-state index in [9.17, 15) is 14.0 Å². The number of rotatable bonds is 4. The molecule has 1 aliphatic heterocycles. The molecule has 0 aromatic heterocycles. The quantitative estimate of drug-likeness (QED) is 0.672. The van der Waals surface area contributed by atoms with E-state index in [1.54, 1.807) is 6.07 Å². The van der Waals surface area contributed by atoms with Gasteiger partial charge in [0.2, 0.25) is 0 Å². The molecule has 178 valence electrons. The Morgan fingerprint density at radius 3 is 2.47 bits per heavy atom. The fraction of sp³-hybridized carbons (Fsp3) is 0.667. The molecule has 2 aliphatic rings. The molecule has 1 unspecified atom stereocenters. The summed E-state index contributed by atoms with van der Waals surface area (Å²) >= 11 is 0. The molecule has 1 aliphatic carbocycles. The summed E-state index contributed by atoms with van der Waals surface area (Å²) in [5.41, 5.74) is 0.239. The van der Waals surface area contributed by atoms with Crippen LogP contribution in [0.15, 0.2) is 12.1 Å². The summed E-state index contributed by atoms with van der Waals surface area (Å²) in [6.45, 7) is 10.2. The minimum absolute atomic E-state index is 0.0903. The predicted molar refractivity (Wildman–Crippen MR) is 120 cm³/mol. The van der Waals surface area contributed by atoms with Gasteiger partial charge in [-0.15, -0.1) is 0 Å². The van der Waals surface area contributed by atoms with Crippen molar-refractivity contribution in [1.82, 2.24) is 5.32 Å². The van der Waals surface area contributed by atoms with Crippen molar-refractivity contribution in [2.24, 2.45) is 5.92 Å². The van der Waals surface area contributed by atoms with E-state index in [1.807, 2.05) is 27.7 Å². The van der Waals surface area contributed by atoms with E-state index < -0.39 is 17.4 Å². The SMILES string of the molecule is COC(=O)c1cc(F)c2c(c1)N([C@@H](C)C1CCC(NC(=O)OC(C)(C)C)CC1)CC(C)O2. The number of esters is 1. The minimum Gasteiger partial charge on any atom is -0.484 e. The minimum atomic E-state index is -0.577. The number of ether oxygens (including phenoxy) is 3. The number of carbonyl (C=O) groups excluding carboxylic acids is 2. The molecule has 7 nitrogen and oxygen atoms in total. The zero-order valence-corrected chi connectivity index (χ0v) is 19.9. The Morgan fingerprint density at radius 1 is 1.22 bits per heavy atom. The molecule has 0 bridgehead atoms. The van der Waals surface area contributed by atoms with Gasteiger partial charge in [-0.2, -0.15) is 0 Å². The Balaban J connectivity index is 1.70. The summed E-state index contributed by atoms with van der Waals surface area (Å²) in [7, 11) is 1.28. The van der Waals surface area contributed by atoms with Crippen LogP contribution in [0.4, 0.5) is 14.9 Å². The summed E-state index contributed by atoms with van der Waals surface area (Å²) in [6.07, 6.45) is 3.03. The van der Waals surface area contributed by atoms with Crippen LogP contribution in [0.3, 0.4) is 0 Å². The summed E-state index contributed by atoms with van der Waals surface area (Å²) in [5.74, 6) is -0.582. The van der Waals surface area contributed by atoms with Crippen LogP contribution in [0, 0.1) is 11.7 Å². The molecule has 8 heteroatoms. The second-order valence-electron chi connectivity index (χ2n) is 9.88. The maximum Gasteiger partial charge on any atom is 0.407 e. The van der Waals surface area contributed by atoms with Crippen molar-refractivity contribution in [3.63, 3.8) is 0 Å². The Morgan fingerprint density at radius 2 is 1.88 bits per heavy atom. The topological polar surface area (TPSA) is 77.1 Å². The van der Waals surface area contributed by atoms with Gasteiger partial charge >= 0.3 is 12.1 Å². The van der Waals surface area contributed by atoms with Crippen LogP contribution < -0.4 is 15.0 Å². The zero-order chi connectivity index (χ0) is 23.6.